The first-order valence-corrected chi connectivity index (χ1v) is 10.9. The van der Waals surface area contributed by atoms with Crippen LogP contribution in [0.3, 0.4) is 0 Å². The molecule has 1 fully saturated rings. The van der Waals surface area contributed by atoms with Gasteiger partial charge in [0.1, 0.15) is 23.2 Å². The van der Waals surface area contributed by atoms with Crippen LogP contribution in [0.15, 0.2) is 54.7 Å². The molecule has 2 aromatic carbocycles. The largest absolute Gasteiger partial charge is 0.487 e. The Morgan fingerprint density at radius 2 is 1.81 bits per heavy atom. The molecule has 0 bridgehead atoms. The number of ether oxygens (including phenoxy) is 2. The molecule has 6 nitrogen and oxygen atoms in total. The Morgan fingerprint density at radius 1 is 1.06 bits per heavy atom. The first-order valence-electron chi connectivity index (χ1n) is 10.9. The lowest BCUT2D eigenvalue weighted by atomic mass is 10.1. The summed E-state index contributed by atoms with van der Waals surface area (Å²) in [6.45, 7) is 9.30. The van der Waals surface area contributed by atoms with Crippen LogP contribution in [-0.2, 0) is 11.2 Å². The van der Waals surface area contributed by atoms with Crippen molar-refractivity contribution in [1.29, 1.82) is 5.26 Å². The lowest BCUT2D eigenvalue weighted by Crippen LogP contribution is -2.36. The molecule has 4 rings (SSSR count). The van der Waals surface area contributed by atoms with Crippen molar-refractivity contribution in [3.05, 3.63) is 71.7 Å². The van der Waals surface area contributed by atoms with Crippen LogP contribution in [0.25, 0.3) is 11.3 Å². The van der Waals surface area contributed by atoms with E-state index in [9.17, 15) is 5.26 Å². The van der Waals surface area contributed by atoms with E-state index in [0.29, 0.717) is 17.7 Å². The van der Waals surface area contributed by atoms with Gasteiger partial charge in [0.2, 0.25) is 0 Å². The van der Waals surface area contributed by atoms with Crippen LogP contribution in [0, 0.1) is 11.3 Å². The molecule has 1 aliphatic heterocycles. The molecule has 0 saturated carbocycles. The molecule has 32 heavy (non-hydrogen) atoms. The maximum Gasteiger partial charge on any atom is 0.137 e. The molecule has 0 amide bonds. The molecular formula is C26H28N4O2. The molecule has 0 atom stereocenters. The van der Waals surface area contributed by atoms with E-state index in [1.807, 2.05) is 45.0 Å². The van der Waals surface area contributed by atoms with Gasteiger partial charge in [-0.2, -0.15) is 5.26 Å². The summed E-state index contributed by atoms with van der Waals surface area (Å²) in [5.74, 6) is 1.33. The lowest BCUT2D eigenvalue weighted by molar-refractivity contribution is 0.122. The fourth-order valence-electron chi connectivity index (χ4n) is 3.67. The molecule has 6 heteroatoms. The highest BCUT2D eigenvalue weighted by molar-refractivity contribution is 5.64. The molecule has 3 aromatic rings. The molecular weight excluding hydrogens is 400 g/mol. The first kappa shape index (κ1) is 21.8. The van der Waals surface area contributed by atoms with E-state index in [-0.39, 0.29) is 5.60 Å². The normalized spacial score (nSPS) is 14.1. The average Bonchev–Trinajstić information content (AvgIpc) is 2.80. The van der Waals surface area contributed by atoms with Crippen LogP contribution in [0.5, 0.6) is 5.75 Å². The Hall–Kier alpha value is -3.43. The smallest absolute Gasteiger partial charge is 0.137 e. The van der Waals surface area contributed by atoms with Crippen LogP contribution in [0.1, 0.15) is 37.7 Å². The molecule has 1 aromatic heterocycles. The highest BCUT2D eigenvalue weighted by atomic mass is 16.5. The second-order valence-corrected chi connectivity index (χ2v) is 8.84. The highest BCUT2D eigenvalue weighted by Gasteiger charge is 2.16. The third-order valence-electron chi connectivity index (χ3n) is 5.19. The summed E-state index contributed by atoms with van der Waals surface area (Å²) in [6.07, 6.45) is 2.42. The molecule has 0 N–H and O–H groups in total. The summed E-state index contributed by atoms with van der Waals surface area (Å²) < 4.78 is 11.3. The number of anilines is 1. The summed E-state index contributed by atoms with van der Waals surface area (Å²) in [7, 11) is 0. The van der Waals surface area contributed by atoms with Crippen LogP contribution >= 0.6 is 0 Å². The van der Waals surface area contributed by atoms with Crippen LogP contribution in [0.2, 0.25) is 0 Å². The number of morpholine rings is 1. The summed E-state index contributed by atoms with van der Waals surface area (Å²) in [5.41, 5.74) is 4.16. The van der Waals surface area contributed by atoms with Gasteiger partial charge in [-0.3, -0.25) is 0 Å². The van der Waals surface area contributed by atoms with Crippen molar-refractivity contribution >= 4 is 5.69 Å². The minimum absolute atomic E-state index is 0.369. The van der Waals surface area contributed by atoms with Gasteiger partial charge in [-0.05, 0) is 62.7 Å². The zero-order valence-corrected chi connectivity index (χ0v) is 18.8. The van der Waals surface area contributed by atoms with Crippen molar-refractivity contribution in [2.75, 3.05) is 31.2 Å². The minimum atomic E-state index is -0.369. The van der Waals surface area contributed by atoms with Gasteiger partial charge in [-0.1, -0.05) is 12.1 Å². The van der Waals surface area contributed by atoms with Gasteiger partial charge in [-0.25, -0.2) is 9.97 Å². The Morgan fingerprint density at radius 3 is 2.50 bits per heavy atom. The first-order chi connectivity index (χ1) is 15.4. The molecule has 1 aliphatic rings. The van der Waals surface area contributed by atoms with Crippen LogP contribution in [-0.4, -0.2) is 41.9 Å². The Kier molecular flexibility index (Phi) is 6.38. The number of rotatable bonds is 5. The quantitative estimate of drug-likeness (QED) is 0.591. The Labute approximate surface area is 189 Å². The zero-order valence-electron chi connectivity index (χ0n) is 18.8. The van der Waals surface area contributed by atoms with Gasteiger partial charge < -0.3 is 14.4 Å². The third kappa shape index (κ3) is 5.43. The monoisotopic (exact) mass is 428 g/mol. The molecule has 1 saturated heterocycles. The average molecular weight is 429 g/mol. The maximum atomic E-state index is 9.58. The van der Waals surface area contributed by atoms with Crippen molar-refractivity contribution in [1.82, 2.24) is 9.97 Å². The van der Waals surface area contributed by atoms with Crippen LogP contribution < -0.4 is 9.64 Å². The van der Waals surface area contributed by atoms with Gasteiger partial charge in [-0.15, -0.1) is 0 Å². The number of benzene rings is 2. The zero-order chi connectivity index (χ0) is 22.6. The van der Waals surface area contributed by atoms with Crippen molar-refractivity contribution in [2.45, 2.75) is 32.8 Å². The highest BCUT2D eigenvalue weighted by Crippen LogP contribution is 2.28. The number of aromatic nitrogens is 2. The van der Waals surface area contributed by atoms with E-state index in [1.54, 1.807) is 6.20 Å². The molecule has 2 heterocycles. The standard InChI is InChI=1S/C26H28N4O2/c1-26(2,3)32-24-9-6-20(17-21(24)18-27)23-10-11-28-25(29-23)16-19-4-7-22(8-5-19)30-12-14-31-15-13-30/h4-11,17H,12-16H2,1-3H3. The van der Waals surface area contributed by atoms with Crippen molar-refractivity contribution < 1.29 is 9.47 Å². The number of hydrogen-bond acceptors (Lipinski definition) is 6. The predicted molar refractivity (Wildman–Crippen MR) is 125 cm³/mol. The fourth-order valence-corrected chi connectivity index (χ4v) is 3.67. The van der Waals surface area contributed by atoms with E-state index in [0.717, 1.165) is 48.9 Å². The summed E-state index contributed by atoms with van der Waals surface area (Å²) in [4.78, 5) is 11.5. The minimum Gasteiger partial charge on any atom is -0.487 e. The summed E-state index contributed by atoms with van der Waals surface area (Å²) in [6, 6.07) is 18.3. The van der Waals surface area contributed by atoms with Crippen molar-refractivity contribution in [3.63, 3.8) is 0 Å². The molecule has 0 unspecified atom stereocenters. The fraction of sp³-hybridized carbons (Fsp3) is 0.346. The predicted octanol–water partition coefficient (Wildman–Crippen LogP) is 4.62. The number of nitriles is 1. The second-order valence-electron chi connectivity index (χ2n) is 8.84. The summed E-state index contributed by atoms with van der Waals surface area (Å²) >= 11 is 0. The maximum absolute atomic E-state index is 9.58. The van der Waals surface area contributed by atoms with Crippen molar-refractivity contribution in [3.8, 4) is 23.1 Å². The SMILES string of the molecule is CC(C)(C)Oc1ccc(-c2ccnc(Cc3ccc(N4CCOCC4)cc3)n2)cc1C#N. The second kappa shape index (κ2) is 9.37. The molecule has 0 radical (unpaired) electrons. The molecule has 0 aliphatic carbocycles. The van der Waals surface area contributed by atoms with Gasteiger partial charge in [0.15, 0.2) is 0 Å². The van der Waals surface area contributed by atoms with Crippen molar-refractivity contribution in [2.24, 2.45) is 0 Å². The lowest BCUT2D eigenvalue weighted by Gasteiger charge is -2.28. The Bertz CT molecular complexity index is 1110. The Balaban J connectivity index is 1.51. The number of hydrogen-bond donors (Lipinski definition) is 0. The van der Waals surface area contributed by atoms with E-state index >= 15 is 0 Å². The van der Waals surface area contributed by atoms with Gasteiger partial charge >= 0.3 is 0 Å². The van der Waals surface area contributed by atoms with E-state index in [1.165, 1.54) is 5.69 Å². The van der Waals surface area contributed by atoms with E-state index in [2.05, 4.69) is 40.2 Å². The molecule has 0 spiro atoms. The van der Waals surface area contributed by atoms with E-state index < -0.39 is 0 Å². The third-order valence-corrected chi connectivity index (χ3v) is 5.19. The van der Waals surface area contributed by atoms with Gasteiger partial charge in [0.25, 0.3) is 0 Å². The van der Waals surface area contributed by atoms with Gasteiger partial charge in [0.05, 0.1) is 24.5 Å². The summed E-state index contributed by atoms with van der Waals surface area (Å²) in [5, 5.41) is 9.58. The topological polar surface area (TPSA) is 71.3 Å². The van der Waals surface area contributed by atoms with Crippen LogP contribution in [0.4, 0.5) is 5.69 Å². The van der Waals surface area contributed by atoms with E-state index in [4.69, 9.17) is 14.5 Å². The number of nitrogens with zero attached hydrogens (tertiary/aromatic N) is 4. The van der Waals surface area contributed by atoms with Gasteiger partial charge in [0, 0.05) is 37.0 Å². The molecule has 164 valence electrons.